The molecule has 1 amide bonds. The number of benzene rings is 1. The van der Waals surface area contributed by atoms with Crippen molar-refractivity contribution in [3.05, 3.63) is 23.8 Å². The van der Waals surface area contributed by atoms with Gasteiger partial charge in [0, 0.05) is 5.69 Å². The van der Waals surface area contributed by atoms with E-state index in [4.69, 9.17) is 10.9 Å². The van der Waals surface area contributed by atoms with E-state index >= 15 is 0 Å². The Morgan fingerprint density at radius 2 is 1.90 bits per heavy atom. The van der Waals surface area contributed by atoms with Gasteiger partial charge in [-0.05, 0) is 37.5 Å². The zero-order chi connectivity index (χ0) is 15.0. The summed E-state index contributed by atoms with van der Waals surface area (Å²) in [4.78, 5) is 12.2. The number of nitrogens with two attached hydrogens (primary N) is 2. The molecule has 1 aromatic rings. The molecule has 6 nitrogen and oxygen atoms in total. The van der Waals surface area contributed by atoms with Crippen molar-refractivity contribution in [2.45, 2.75) is 43.0 Å². The maximum atomic E-state index is 12.2. The first-order valence-electron chi connectivity index (χ1n) is 6.47. The summed E-state index contributed by atoms with van der Waals surface area (Å²) >= 11 is 0. The highest BCUT2D eigenvalue weighted by molar-refractivity contribution is 7.89. The fourth-order valence-corrected chi connectivity index (χ4v) is 3.34. The summed E-state index contributed by atoms with van der Waals surface area (Å²) in [7, 11) is -3.81. The van der Waals surface area contributed by atoms with E-state index < -0.39 is 15.6 Å². The topological polar surface area (TPSA) is 115 Å². The molecule has 1 fully saturated rings. The first-order valence-corrected chi connectivity index (χ1v) is 8.01. The number of carbonyl (C=O) groups is 1. The number of carbonyl (C=O) groups excluding carboxylic acids is 1. The van der Waals surface area contributed by atoms with Crippen LogP contribution in [0, 0.1) is 6.92 Å². The normalized spacial score (nSPS) is 17.9. The van der Waals surface area contributed by atoms with Crippen molar-refractivity contribution in [2.24, 2.45) is 10.9 Å². The first kappa shape index (κ1) is 15.0. The number of primary sulfonamides is 1. The van der Waals surface area contributed by atoms with E-state index in [1.807, 2.05) is 0 Å². The Morgan fingerprint density at radius 1 is 1.30 bits per heavy atom. The highest BCUT2D eigenvalue weighted by Crippen LogP contribution is 2.29. The van der Waals surface area contributed by atoms with E-state index in [1.165, 1.54) is 6.07 Å². The van der Waals surface area contributed by atoms with Crippen molar-refractivity contribution >= 4 is 21.6 Å². The molecule has 2 rings (SSSR count). The molecule has 1 aliphatic rings. The average molecular weight is 297 g/mol. The van der Waals surface area contributed by atoms with Crippen LogP contribution in [0.4, 0.5) is 5.69 Å². The number of hydrogen-bond donors (Lipinski definition) is 3. The SMILES string of the molecule is Cc1c(NC(=O)C2(N)CCCC2)cccc1S(N)(=O)=O. The Balaban J connectivity index is 2.29. The fourth-order valence-electron chi connectivity index (χ4n) is 2.54. The second kappa shape index (κ2) is 5.16. The monoisotopic (exact) mass is 297 g/mol. The van der Waals surface area contributed by atoms with Crippen molar-refractivity contribution in [3.63, 3.8) is 0 Å². The van der Waals surface area contributed by atoms with Gasteiger partial charge in [0.05, 0.1) is 10.4 Å². The lowest BCUT2D eigenvalue weighted by Crippen LogP contribution is -2.48. The molecule has 5 N–H and O–H groups in total. The van der Waals surface area contributed by atoms with Gasteiger partial charge in [0.1, 0.15) is 0 Å². The lowest BCUT2D eigenvalue weighted by atomic mass is 9.98. The molecule has 0 saturated heterocycles. The highest BCUT2D eigenvalue weighted by atomic mass is 32.2. The van der Waals surface area contributed by atoms with Crippen LogP contribution in [0.25, 0.3) is 0 Å². The summed E-state index contributed by atoms with van der Waals surface area (Å²) in [5.74, 6) is -0.273. The molecular formula is C13H19N3O3S. The predicted molar refractivity (Wildman–Crippen MR) is 76.6 cm³/mol. The summed E-state index contributed by atoms with van der Waals surface area (Å²) in [6.45, 7) is 1.60. The summed E-state index contributed by atoms with van der Waals surface area (Å²) in [6.07, 6.45) is 3.15. The van der Waals surface area contributed by atoms with Gasteiger partial charge in [-0.15, -0.1) is 0 Å². The van der Waals surface area contributed by atoms with Gasteiger partial charge in [0.25, 0.3) is 0 Å². The van der Waals surface area contributed by atoms with Gasteiger partial charge < -0.3 is 11.1 Å². The van der Waals surface area contributed by atoms with E-state index in [0.29, 0.717) is 24.1 Å². The van der Waals surface area contributed by atoms with E-state index in [-0.39, 0.29) is 10.8 Å². The second-order valence-electron chi connectivity index (χ2n) is 5.29. The zero-order valence-electron chi connectivity index (χ0n) is 11.3. The van der Waals surface area contributed by atoms with Crippen LogP contribution in [0.15, 0.2) is 23.1 Å². The lowest BCUT2D eigenvalue weighted by Gasteiger charge is -2.23. The van der Waals surface area contributed by atoms with Crippen LogP contribution < -0.4 is 16.2 Å². The third kappa shape index (κ3) is 2.84. The number of nitrogens with one attached hydrogen (secondary N) is 1. The molecule has 0 bridgehead atoms. The highest BCUT2D eigenvalue weighted by Gasteiger charge is 2.37. The van der Waals surface area contributed by atoms with E-state index in [1.54, 1.807) is 19.1 Å². The quantitative estimate of drug-likeness (QED) is 0.767. The van der Waals surface area contributed by atoms with E-state index in [2.05, 4.69) is 5.32 Å². The zero-order valence-corrected chi connectivity index (χ0v) is 12.2. The Hall–Kier alpha value is -1.44. The summed E-state index contributed by atoms with van der Waals surface area (Å²) in [6, 6.07) is 4.59. The Morgan fingerprint density at radius 3 is 2.45 bits per heavy atom. The summed E-state index contributed by atoms with van der Waals surface area (Å²) in [5.41, 5.74) is 6.06. The lowest BCUT2D eigenvalue weighted by molar-refractivity contribution is -0.121. The van der Waals surface area contributed by atoms with Gasteiger partial charge in [0.2, 0.25) is 15.9 Å². The summed E-state index contributed by atoms with van der Waals surface area (Å²) in [5, 5.41) is 7.86. The molecule has 0 radical (unpaired) electrons. The fraction of sp³-hybridized carbons (Fsp3) is 0.462. The van der Waals surface area contributed by atoms with Gasteiger partial charge in [0.15, 0.2) is 0 Å². The van der Waals surface area contributed by atoms with Crippen molar-refractivity contribution in [2.75, 3.05) is 5.32 Å². The number of anilines is 1. The minimum Gasteiger partial charge on any atom is -0.324 e. The third-order valence-electron chi connectivity index (χ3n) is 3.79. The van der Waals surface area contributed by atoms with Crippen molar-refractivity contribution in [3.8, 4) is 0 Å². The number of hydrogen-bond acceptors (Lipinski definition) is 4. The van der Waals surface area contributed by atoms with Gasteiger partial charge in [-0.25, -0.2) is 13.6 Å². The van der Waals surface area contributed by atoms with E-state index in [9.17, 15) is 13.2 Å². The number of rotatable bonds is 3. The van der Waals surface area contributed by atoms with Crippen LogP contribution in [-0.2, 0) is 14.8 Å². The van der Waals surface area contributed by atoms with Gasteiger partial charge >= 0.3 is 0 Å². The number of sulfonamides is 1. The first-order chi connectivity index (χ1) is 9.24. The third-order valence-corrected chi connectivity index (χ3v) is 4.84. The van der Waals surface area contributed by atoms with Crippen LogP contribution in [-0.4, -0.2) is 19.9 Å². The van der Waals surface area contributed by atoms with Crippen molar-refractivity contribution in [1.29, 1.82) is 0 Å². The molecule has 0 spiro atoms. The Labute approximate surface area is 118 Å². The molecule has 110 valence electrons. The largest absolute Gasteiger partial charge is 0.324 e. The second-order valence-corrected chi connectivity index (χ2v) is 6.82. The molecule has 0 atom stereocenters. The van der Waals surface area contributed by atoms with Gasteiger partial charge in [-0.2, -0.15) is 0 Å². The molecule has 0 aromatic heterocycles. The maximum absolute atomic E-state index is 12.2. The smallest absolute Gasteiger partial charge is 0.244 e. The number of amides is 1. The molecule has 7 heteroatoms. The molecule has 1 saturated carbocycles. The van der Waals surface area contributed by atoms with Crippen LogP contribution in [0.2, 0.25) is 0 Å². The van der Waals surface area contributed by atoms with Crippen LogP contribution >= 0.6 is 0 Å². The minimum atomic E-state index is -3.81. The molecule has 1 aromatic carbocycles. The molecule has 0 aliphatic heterocycles. The van der Waals surface area contributed by atoms with Crippen molar-refractivity contribution in [1.82, 2.24) is 0 Å². The van der Waals surface area contributed by atoms with Gasteiger partial charge in [-0.1, -0.05) is 18.9 Å². The molecular weight excluding hydrogens is 278 g/mol. The van der Waals surface area contributed by atoms with Crippen LogP contribution in [0.1, 0.15) is 31.2 Å². The van der Waals surface area contributed by atoms with Crippen molar-refractivity contribution < 1.29 is 13.2 Å². The predicted octanol–water partition coefficient (Wildman–Crippen LogP) is 0.852. The van der Waals surface area contributed by atoms with Crippen LogP contribution in [0.5, 0.6) is 0 Å². The molecule has 20 heavy (non-hydrogen) atoms. The molecule has 0 heterocycles. The Bertz CT molecular complexity index is 634. The Kier molecular flexibility index (Phi) is 3.86. The standard InChI is InChI=1S/C13H19N3O3S/c1-9-10(5-4-6-11(9)20(15,18)19)16-12(17)13(14)7-2-3-8-13/h4-6H,2-3,7-8,14H2,1H3,(H,16,17)(H2,15,18,19). The van der Waals surface area contributed by atoms with E-state index in [0.717, 1.165) is 12.8 Å². The average Bonchev–Trinajstić information content (AvgIpc) is 2.78. The van der Waals surface area contributed by atoms with Gasteiger partial charge in [-0.3, -0.25) is 4.79 Å². The molecule has 1 aliphatic carbocycles. The molecule has 0 unspecified atom stereocenters. The minimum absolute atomic E-state index is 0.00722. The maximum Gasteiger partial charge on any atom is 0.244 e. The van der Waals surface area contributed by atoms with Crippen LogP contribution in [0.3, 0.4) is 0 Å². The summed E-state index contributed by atoms with van der Waals surface area (Å²) < 4.78 is 22.9.